The summed E-state index contributed by atoms with van der Waals surface area (Å²) in [6.07, 6.45) is 10.0. The minimum Gasteiger partial charge on any atom is -0.328 e. The molecule has 0 aliphatic carbocycles. The molecule has 0 saturated carbocycles. The smallest absolute Gasteiger partial charge is 0.0782 e. The zero-order valence-electron chi connectivity index (χ0n) is 11.5. The molecule has 0 aromatic carbocycles. The molecule has 0 fully saturated rings. The van der Waals surface area contributed by atoms with Gasteiger partial charge in [-0.05, 0) is 19.3 Å². The van der Waals surface area contributed by atoms with E-state index in [1.807, 2.05) is 0 Å². The maximum Gasteiger partial charge on any atom is 0.0782 e. The van der Waals surface area contributed by atoms with Gasteiger partial charge in [-0.1, -0.05) is 38.7 Å². The van der Waals surface area contributed by atoms with Crippen molar-refractivity contribution in [3.05, 3.63) is 0 Å². The van der Waals surface area contributed by atoms with E-state index in [1.165, 1.54) is 78.8 Å². The van der Waals surface area contributed by atoms with Gasteiger partial charge in [0.1, 0.15) is 0 Å². The number of unbranched alkanes of at least 4 members (excludes halogenated alkanes) is 5. The maximum atomic E-state index is 2.39. The van der Waals surface area contributed by atoms with Gasteiger partial charge in [-0.15, -0.1) is 0 Å². The van der Waals surface area contributed by atoms with Crippen molar-refractivity contribution in [2.45, 2.75) is 57.9 Å². The van der Waals surface area contributed by atoms with Crippen LogP contribution in [-0.2, 0) is 0 Å². The first-order chi connectivity index (χ1) is 7.12. The number of nitrogens with zero attached hydrogens (tertiary/aromatic N) is 1. The van der Waals surface area contributed by atoms with Crippen LogP contribution in [0.4, 0.5) is 0 Å². The molecule has 92 valence electrons. The van der Waals surface area contributed by atoms with Crippen molar-refractivity contribution in [3.63, 3.8) is 0 Å². The second-order valence-corrected chi connectivity index (χ2v) is 6.50. The standard InChI is InChI=1S/C13H32NSi/c1-4-5-6-7-8-9-11-14(2,3)12-10-13-15/h4-13H2,1-3,15H3/q+1. The molecule has 0 radical (unpaired) electrons. The molecule has 15 heavy (non-hydrogen) atoms. The Kier molecular flexibility index (Phi) is 9.52. The van der Waals surface area contributed by atoms with E-state index in [0.29, 0.717) is 0 Å². The average molecular weight is 230 g/mol. The van der Waals surface area contributed by atoms with Crippen molar-refractivity contribution >= 4 is 10.2 Å². The van der Waals surface area contributed by atoms with Crippen LogP contribution < -0.4 is 0 Å². The van der Waals surface area contributed by atoms with Crippen molar-refractivity contribution in [1.29, 1.82) is 0 Å². The van der Waals surface area contributed by atoms with Crippen LogP contribution in [0, 0.1) is 0 Å². The summed E-state index contributed by atoms with van der Waals surface area (Å²) in [6.45, 7) is 5.06. The van der Waals surface area contributed by atoms with E-state index in [0.717, 1.165) is 0 Å². The quantitative estimate of drug-likeness (QED) is 0.307. The highest BCUT2D eigenvalue weighted by atomic mass is 28.1. The van der Waals surface area contributed by atoms with Crippen molar-refractivity contribution in [1.82, 2.24) is 0 Å². The lowest BCUT2D eigenvalue weighted by molar-refractivity contribution is -0.890. The summed E-state index contributed by atoms with van der Waals surface area (Å²) in [5, 5.41) is 0. The third-order valence-electron chi connectivity index (χ3n) is 3.23. The summed E-state index contributed by atoms with van der Waals surface area (Å²) in [5.41, 5.74) is 0. The summed E-state index contributed by atoms with van der Waals surface area (Å²) in [4.78, 5) is 0. The predicted octanol–water partition coefficient (Wildman–Crippen LogP) is 2.60. The molecule has 0 aromatic heterocycles. The first-order valence-electron chi connectivity index (χ1n) is 6.94. The molecule has 0 unspecified atom stereocenters. The Hall–Kier alpha value is 0.177. The second kappa shape index (κ2) is 9.41. The molecule has 0 saturated heterocycles. The van der Waals surface area contributed by atoms with Crippen molar-refractivity contribution in [2.24, 2.45) is 0 Å². The maximum absolute atomic E-state index is 2.39. The van der Waals surface area contributed by atoms with E-state index in [1.54, 1.807) is 0 Å². The van der Waals surface area contributed by atoms with E-state index in [-0.39, 0.29) is 0 Å². The molecule has 0 aliphatic rings. The van der Waals surface area contributed by atoms with E-state index in [4.69, 9.17) is 0 Å². The molecule has 0 aromatic rings. The van der Waals surface area contributed by atoms with Gasteiger partial charge in [0.2, 0.25) is 0 Å². The lowest BCUT2D eigenvalue weighted by atomic mass is 10.1. The first-order valence-corrected chi connectivity index (χ1v) is 8.36. The van der Waals surface area contributed by atoms with Crippen LogP contribution in [0.3, 0.4) is 0 Å². The van der Waals surface area contributed by atoms with Gasteiger partial charge in [0.15, 0.2) is 0 Å². The van der Waals surface area contributed by atoms with Crippen LogP contribution in [0.15, 0.2) is 0 Å². The Labute approximate surface area is 100 Å². The molecule has 1 nitrogen and oxygen atoms in total. The number of quaternary nitrogens is 1. The largest absolute Gasteiger partial charge is 0.328 e. The number of hydrogen-bond donors (Lipinski definition) is 0. The van der Waals surface area contributed by atoms with Gasteiger partial charge in [0.25, 0.3) is 0 Å². The van der Waals surface area contributed by atoms with Crippen molar-refractivity contribution in [2.75, 3.05) is 27.2 Å². The van der Waals surface area contributed by atoms with Crippen LogP contribution in [0.25, 0.3) is 0 Å². The summed E-state index contributed by atoms with van der Waals surface area (Å²) >= 11 is 0. The molecule has 0 bridgehead atoms. The highest BCUT2D eigenvalue weighted by Gasteiger charge is 2.12. The van der Waals surface area contributed by atoms with E-state index in [2.05, 4.69) is 21.0 Å². The third kappa shape index (κ3) is 10.5. The Balaban J connectivity index is 3.32. The van der Waals surface area contributed by atoms with Gasteiger partial charge in [-0.3, -0.25) is 0 Å². The predicted molar refractivity (Wildman–Crippen MR) is 74.6 cm³/mol. The molecular formula is C13H32NSi+. The van der Waals surface area contributed by atoms with Crippen LogP contribution >= 0.6 is 0 Å². The van der Waals surface area contributed by atoms with Gasteiger partial charge >= 0.3 is 0 Å². The minimum absolute atomic E-state index is 1.25. The van der Waals surface area contributed by atoms with Crippen molar-refractivity contribution in [3.8, 4) is 0 Å². The van der Waals surface area contributed by atoms with Gasteiger partial charge in [0, 0.05) is 10.2 Å². The summed E-state index contributed by atoms with van der Waals surface area (Å²) < 4.78 is 1.25. The monoisotopic (exact) mass is 230 g/mol. The van der Waals surface area contributed by atoms with Gasteiger partial charge in [-0.25, -0.2) is 0 Å². The zero-order chi connectivity index (χ0) is 11.6. The zero-order valence-corrected chi connectivity index (χ0v) is 13.5. The number of hydrogen-bond acceptors (Lipinski definition) is 0. The fourth-order valence-corrected chi connectivity index (χ4v) is 2.33. The Morgan fingerprint density at radius 3 is 1.93 bits per heavy atom. The molecule has 0 rings (SSSR count). The molecule has 0 atom stereocenters. The fraction of sp³-hybridized carbons (Fsp3) is 1.00. The van der Waals surface area contributed by atoms with Crippen LogP contribution in [0.1, 0.15) is 51.9 Å². The Morgan fingerprint density at radius 1 is 0.800 bits per heavy atom. The van der Waals surface area contributed by atoms with Gasteiger partial charge < -0.3 is 4.48 Å². The molecule has 2 heteroatoms. The van der Waals surface area contributed by atoms with E-state index < -0.39 is 0 Å². The topological polar surface area (TPSA) is 0 Å². The SMILES string of the molecule is CCCCCCCC[N+](C)(C)CCC[SiH3]. The van der Waals surface area contributed by atoms with Gasteiger partial charge in [-0.2, -0.15) is 0 Å². The molecule has 0 N–H and O–H groups in total. The minimum atomic E-state index is 1.25. The number of rotatable bonds is 10. The Bertz CT molecular complexity index is 134. The van der Waals surface area contributed by atoms with E-state index >= 15 is 0 Å². The lowest BCUT2D eigenvalue weighted by Crippen LogP contribution is -2.41. The molecule has 0 spiro atoms. The fourth-order valence-electron chi connectivity index (χ4n) is 2.02. The normalized spacial score (nSPS) is 12.2. The first kappa shape index (κ1) is 15.2. The molecule has 0 aliphatic heterocycles. The summed E-state index contributed by atoms with van der Waals surface area (Å²) in [7, 11) is 6.16. The van der Waals surface area contributed by atoms with E-state index in [9.17, 15) is 0 Å². The Morgan fingerprint density at radius 2 is 1.33 bits per heavy atom. The molecule has 0 heterocycles. The highest BCUT2D eigenvalue weighted by Crippen LogP contribution is 2.09. The van der Waals surface area contributed by atoms with Crippen LogP contribution in [0.2, 0.25) is 6.04 Å². The third-order valence-corrected chi connectivity index (χ3v) is 3.94. The second-order valence-electron chi connectivity index (χ2n) is 5.50. The van der Waals surface area contributed by atoms with Crippen molar-refractivity contribution < 1.29 is 4.48 Å². The summed E-state index contributed by atoms with van der Waals surface area (Å²) in [6, 6.07) is 1.47. The highest BCUT2D eigenvalue weighted by molar-refractivity contribution is 6.08. The summed E-state index contributed by atoms with van der Waals surface area (Å²) in [5.74, 6) is 0. The average Bonchev–Trinajstić information content (AvgIpc) is 2.20. The lowest BCUT2D eigenvalue weighted by Gasteiger charge is -2.29. The van der Waals surface area contributed by atoms with Gasteiger partial charge in [0.05, 0.1) is 27.2 Å². The van der Waals surface area contributed by atoms with Crippen LogP contribution in [0.5, 0.6) is 0 Å². The van der Waals surface area contributed by atoms with Crippen LogP contribution in [-0.4, -0.2) is 41.9 Å². The molecule has 0 amide bonds. The molecular weight excluding hydrogens is 198 g/mol.